The van der Waals surface area contributed by atoms with Crippen molar-refractivity contribution < 1.29 is 30.4 Å². The fourth-order valence-corrected chi connectivity index (χ4v) is 3.22. The van der Waals surface area contributed by atoms with Gasteiger partial charge in [0.15, 0.2) is 5.82 Å². The van der Waals surface area contributed by atoms with Gasteiger partial charge in [0, 0.05) is 0 Å². The van der Waals surface area contributed by atoms with Crippen LogP contribution in [0.15, 0.2) is 41.3 Å². The number of sulfonamides is 1. The number of benzene rings is 2. The van der Waals surface area contributed by atoms with Crippen molar-refractivity contribution in [1.82, 2.24) is 0 Å². The van der Waals surface area contributed by atoms with Crippen LogP contribution in [0.1, 0.15) is 5.56 Å². The molecule has 0 aliphatic rings. The van der Waals surface area contributed by atoms with E-state index in [1.165, 1.54) is 22.6 Å². The highest BCUT2D eigenvalue weighted by molar-refractivity contribution is 14.1. The second-order valence-electron chi connectivity index (χ2n) is 4.35. The zero-order valence-corrected chi connectivity index (χ0v) is 13.9. The molecule has 2 rings (SSSR count). The molecule has 0 radical (unpaired) electrons. The van der Waals surface area contributed by atoms with Crippen molar-refractivity contribution in [3.8, 4) is 0 Å². The van der Waals surface area contributed by atoms with Crippen LogP contribution >= 0.6 is 22.6 Å². The van der Waals surface area contributed by atoms with E-state index in [9.17, 15) is 30.4 Å². The fourth-order valence-electron chi connectivity index (χ4n) is 1.65. The number of anilines is 1. The van der Waals surface area contributed by atoms with Gasteiger partial charge in [-0.2, -0.15) is 13.2 Å². The molecule has 0 heterocycles. The van der Waals surface area contributed by atoms with E-state index in [0.29, 0.717) is 12.1 Å². The van der Waals surface area contributed by atoms with Crippen molar-refractivity contribution in [3.63, 3.8) is 0 Å². The summed E-state index contributed by atoms with van der Waals surface area (Å²) in [6, 6.07) is 4.67. The van der Waals surface area contributed by atoms with Crippen LogP contribution in [0.3, 0.4) is 0 Å². The molecular weight excluding hydrogens is 456 g/mol. The van der Waals surface area contributed by atoms with Crippen molar-refractivity contribution in [1.29, 1.82) is 0 Å². The normalized spacial score (nSPS) is 12.3. The molecule has 0 unspecified atom stereocenters. The highest BCUT2D eigenvalue weighted by Gasteiger charge is 2.31. The maximum absolute atomic E-state index is 13.8. The molecule has 0 spiro atoms. The van der Waals surface area contributed by atoms with Crippen molar-refractivity contribution in [2.45, 2.75) is 11.1 Å². The SMILES string of the molecule is O=S(=O)(Nc1ccc(F)c(I)c1F)c1cccc(C(F)(F)F)c1. The summed E-state index contributed by atoms with van der Waals surface area (Å²) >= 11 is 1.34. The van der Waals surface area contributed by atoms with Crippen LogP contribution in [0.2, 0.25) is 0 Å². The number of halogens is 6. The number of alkyl halides is 3. The van der Waals surface area contributed by atoms with Crippen molar-refractivity contribution in [2.24, 2.45) is 0 Å². The molecule has 23 heavy (non-hydrogen) atoms. The minimum atomic E-state index is -4.72. The average Bonchev–Trinajstić information content (AvgIpc) is 2.47. The summed E-state index contributed by atoms with van der Waals surface area (Å²) in [6.45, 7) is 0. The number of rotatable bonds is 3. The molecule has 2 aromatic rings. The Hall–Kier alpha value is -1.43. The Morgan fingerprint density at radius 1 is 1.04 bits per heavy atom. The van der Waals surface area contributed by atoms with Gasteiger partial charge >= 0.3 is 6.18 Å². The van der Waals surface area contributed by atoms with E-state index in [0.717, 1.165) is 24.3 Å². The van der Waals surface area contributed by atoms with E-state index in [1.54, 1.807) is 0 Å². The molecule has 0 aliphatic heterocycles. The van der Waals surface area contributed by atoms with E-state index >= 15 is 0 Å². The van der Waals surface area contributed by atoms with Gasteiger partial charge in [0.05, 0.1) is 19.7 Å². The maximum atomic E-state index is 13.8. The molecule has 0 fully saturated rings. The molecule has 0 bridgehead atoms. The molecule has 0 saturated carbocycles. The first-order valence-electron chi connectivity index (χ1n) is 5.86. The second kappa shape index (κ2) is 6.23. The van der Waals surface area contributed by atoms with Crippen LogP contribution in [-0.2, 0) is 16.2 Å². The molecule has 3 nitrogen and oxygen atoms in total. The lowest BCUT2D eigenvalue weighted by molar-refractivity contribution is -0.137. The van der Waals surface area contributed by atoms with Crippen molar-refractivity contribution >= 4 is 38.3 Å². The van der Waals surface area contributed by atoms with Crippen LogP contribution in [0, 0.1) is 15.2 Å². The summed E-state index contributed by atoms with van der Waals surface area (Å²) in [5.74, 6) is -2.04. The third kappa shape index (κ3) is 3.91. The third-order valence-electron chi connectivity index (χ3n) is 2.75. The molecule has 0 aliphatic carbocycles. The maximum Gasteiger partial charge on any atom is 0.416 e. The molecule has 10 heteroatoms. The Morgan fingerprint density at radius 3 is 2.30 bits per heavy atom. The largest absolute Gasteiger partial charge is 0.416 e. The summed E-state index contributed by atoms with van der Waals surface area (Å²) in [5, 5.41) is 0. The lowest BCUT2D eigenvalue weighted by Crippen LogP contribution is -2.16. The lowest BCUT2D eigenvalue weighted by Gasteiger charge is -2.12. The summed E-state index contributed by atoms with van der Waals surface area (Å²) < 4.78 is 90.4. The average molecular weight is 463 g/mol. The highest BCUT2D eigenvalue weighted by atomic mass is 127. The Balaban J connectivity index is 2.43. The summed E-state index contributed by atoms with van der Waals surface area (Å²) in [6.07, 6.45) is -4.72. The molecule has 0 saturated heterocycles. The first kappa shape index (κ1) is 17.9. The van der Waals surface area contributed by atoms with E-state index in [2.05, 4.69) is 0 Å². The van der Waals surface area contributed by atoms with E-state index in [4.69, 9.17) is 0 Å². The monoisotopic (exact) mass is 463 g/mol. The van der Waals surface area contributed by atoms with Gasteiger partial charge in [-0.15, -0.1) is 0 Å². The topological polar surface area (TPSA) is 46.2 Å². The van der Waals surface area contributed by atoms with Gasteiger partial charge in [-0.05, 0) is 52.9 Å². The Labute approximate surface area is 141 Å². The second-order valence-corrected chi connectivity index (χ2v) is 7.12. The Kier molecular flexibility index (Phi) is 4.85. The highest BCUT2D eigenvalue weighted by Crippen LogP contribution is 2.31. The molecule has 124 valence electrons. The number of hydrogen-bond acceptors (Lipinski definition) is 2. The molecule has 1 N–H and O–H groups in total. The third-order valence-corrected chi connectivity index (χ3v) is 5.10. The van der Waals surface area contributed by atoms with E-state index < -0.39 is 47.6 Å². The van der Waals surface area contributed by atoms with Crippen LogP contribution in [0.4, 0.5) is 27.6 Å². The molecule has 0 aromatic heterocycles. The van der Waals surface area contributed by atoms with Gasteiger partial charge in [-0.3, -0.25) is 4.72 Å². The first-order chi connectivity index (χ1) is 10.5. The van der Waals surface area contributed by atoms with Crippen LogP contribution in [0.5, 0.6) is 0 Å². The predicted molar refractivity (Wildman–Crippen MR) is 81.3 cm³/mol. The fraction of sp³-hybridized carbons (Fsp3) is 0.0769. The summed E-state index contributed by atoms with van der Waals surface area (Å²) in [7, 11) is -4.46. The van der Waals surface area contributed by atoms with Gasteiger partial charge in [0.25, 0.3) is 10.0 Å². The van der Waals surface area contributed by atoms with Crippen LogP contribution < -0.4 is 4.72 Å². The quantitative estimate of drug-likeness (QED) is 0.417. The predicted octanol–water partition coefficient (Wildman–Crippen LogP) is 4.39. The minimum Gasteiger partial charge on any atom is -0.277 e. The summed E-state index contributed by atoms with van der Waals surface area (Å²) in [4.78, 5) is -0.689. The zero-order valence-electron chi connectivity index (χ0n) is 11.0. The Bertz CT molecular complexity index is 852. The molecule has 0 atom stereocenters. The number of nitrogens with one attached hydrogen (secondary N) is 1. The van der Waals surface area contributed by atoms with Gasteiger partial charge in [0.1, 0.15) is 5.82 Å². The van der Waals surface area contributed by atoms with Crippen LogP contribution in [0.25, 0.3) is 0 Å². The zero-order chi connectivity index (χ0) is 17.4. The smallest absolute Gasteiger partial charge is 0.277 e. The molecule has 0 amide bonds. The van der Waals surface area contributed by atoms with Gasteiger partial charge in [-0.1, -0.05) is 6.07 Å². The van der Waals surface area contributed by atoms with Crippen molar-refractivity contribution in [2.75, 3.05) is 4.72 Å². The van der Waals surface area contributed by atoms with E-state index in [1.807, 2.05) is 4.72 Å². The first-order valence-corrected chi connectivity index (χ1v) is 8.42. The minimum absolute atomic E-state index is 0.425. The lowest BCUT2D eigenvalue weighted by atomic mass is 10.2. The molecule has 2 aromatic carbocycles. The van der Waals surface area contributed by atoms with Gasteiger partial charge < -0.3 is 0 Å². The Morgan fingerprint density at radius 2 is 1.70 bits per heavy atom. The standard InChI is InChI=1S/C13H7F5INO2S/c14-9-4-5-10(11(15)12(9)19)20-23(21,22)8-3-1-2-7(6-8)13(16,17)18/h1-6,20H. The van der Waals surface area contributed by atoms with Crippen LogP contribution in [-0.4, -0.2) is 8.42 Å². The van der Waals surface area contributed by atoms with Gasteiger partial charge in [-0.25, -0.2) is 17.2 Å². The van der Waals surface area contributed by atoms with Gasteiger partial charge in [0.2, 0.25) is 0 Å². The summed E-state index contributed by atoms with van der Waals surface area (Å²) in [5.41, 5.74) is -1.72. The van der Waals surface area contributed by atoms with E-state index in [-0.39, 0.29) is 0 Å². The van der Waals surface area contributed by atoms with Crippen molar-refractivity contribution in [3.05, 3.63) is 57.2 Å². The number of hydrogen-bond donors (Lipinski definition) is 1. The molecular formula is C13H7F5INO2S.